The topological polar surface area (TPSA) is 56.0 Å². The Balaban J connectivity index is 0.00000144. The van der Waals surface area contributed by atoms with E-state index in [1.165, 1.54) is 11.3 Å². The summed E-state index contributed by atoms with van der Waals surface area (Å²) in [4.78, 5) is 4.80. The van der Waals surface area contributed by atoms with Crippen molar-refractivity contribution in [2.24, 2.45) is 0 Å². The number of hydrogen-bond acceptors (Lipinski definition) is 5. The molecule has 3 aromatic heterocycles. The van der Waals surface area contributed by atoms with Gasteiger partial charge in [0.1, 0.15) is 5.01 Å². The van der Waals surface area contributed by atoms with Crippen molar-refractivity contribution in [3.63, 3.8) is 0 Å². The molecule has 0 N–H and O–H groups in total. The van der Waals surface area contributed by atoms with Crippen LogP contribution in [0.5, 0.6) is 0 Å². The maximum Gasteiger partial charge on any atom is 0.235 e. The zero-order chi connectivity index (χ0) is 14.2. The monoisotopic (exact) mass is 393 g/mol. The van der Waals surface area contributed by atoms with Crippen LogP contribution in [0.2, 0.25) is 0 Å². The second-order valence-electron chi connectivity index (χ2n) is 4.37. The Morgan fingerprint density at radius 1 is 1.00 bits per heavy atom. The van der Waals surface area contributed by atoms with Gasteiger partial charge in [0, 0.05) is 28.0 Å². The highest BCUT2D eigenvalue weighted by molar-refractivity contribution is 9.10. The smallest absolute Gasteiger partial charge is 0.235 e. The lowest BCUT2D eigenvalue weighted by molar-refractivity contribution is 0.970. The molecule has 1 aromatic carbocycles. The molecule has 0 saturated heterocycles. The van der Waals surface area contributed by atoms with Gasteiger partial charge in [-0.05, 0) is 24.3 Å². The Kier molecular flexibility index (Phi) is 4.19. The molecule has 22 heavy (non-hydrogen) atoms. The number of rotatable bonds is 2. The summed E-state index contributed by atoms with van der Waals surface area (Å²) in [6.07, 6.45) is 3.51. The summed E-state index contributed by atoms with van der Waals surface area (Å²) < 4.78 is 2.78. The largest absolute Gasteiger partial charge is 0.265 e. The van der Waals surface area contributed by atoms with Crippen molar-refractivity contribution in [3.05, 3.63) is 53.3 Å². The van der Waals surface area contributed by atoms with Gasteiger partial charge in [0.05, 0.1) is 0 Å². The molecule has 0 aliphatic heterocycles. The Morgan fingerprint density at radius 3 is 2.59 bits per heavy atom. The minimum Gasteiger partial charge on any atom is -0.265 e. The number of fused-ring (bicyclic) bond motifs is 1. The van der Waals surface area contributed by atoms with Gasteiger partial charge in [0.2, 0.25) is 4.96 Å². The van der Waals surface area contributed by atoms with Crippen molar-refractivity contribution in [3.8, 4) is 22.0 Å². The summed E-state index contributed by atoms with van der Waals surface area (Å²) in [7, 11) is 0. The predicted octanol–water partition coefficient (Wildman–Crippen LogP) is 4.10. The van der Waals surface area contributed by atoms with Crippen LogP contribution in [-0.4, -0.2) is 24.8 Å². The zero-order valence-corrected chi connectivity index (χ0v) is 14.3. The summed E-state index contributed by atoms with van der Waals surface area (Å²) in [5.41, 5.74) is 2.00. The van der Waals surface area contributed by atoms with Gasteiger partial charge in [-0.3, -0.25) is 4.98 Å². The van der Waals surface area contributed by atoms with Gasteiger partial charge in [0.25, 0.3) is 0 Å². The normalized spacial score (nSPS) is 10.6. The Morgan fingerprint density at radius 2 is 1.82 bits per heavy atom. The Labute approximate surface area is 144 Å². The second-order valence-corrected chi connectivity index (χ2v) is 6.24. The SMILES string of the molecule is Brc1cccc(-c2nnc3sc(-c4ccncc4)nn23)c1.Cl. The van der Waals surface area contributed by atoms with Crippen LogP contribution >= 0.6 is 39.7 Å². The molecule has 0 spiro atoms. The van der Waals surface area contributed by atoms with Gasteiger partial charge in [-0.2, -0.15) is 9.61 Å². The highest BCUT2D eigenvalue weighted by Crippen LogP contribution is 2.28. The molecule has 0 aliphatic rings. The van der Waals surface area contributed by atoms with Gasteiger partial charge in [-0.25, -0.2) is 0 Å². The van der Waals surface area contributed by atoms with Crippen LogP contribution < -0.4 is 0 Å². The summed E-state index contributed by atoms with van der Waals surface area (Å²) in [5, 5.41) is 14.0. The summed E-state index contributed by atoms with van der Waals surface area (Å²) in [6.45, 7) is 0. The predicted molar refractivity (Wildman–Crippen MR) is 92.3 cm³/mol. The molecule has 0 unspecified atom stereocenters. The molecular formula is C14H9BrClN5S. The molecule has 0 fully saturated rings. The fourth-order valence-corrected chi connectivity index (χ4v) is 3.28. The average Bonchev–Trinajstić information content (AvgIpc) is 3.08. The van der Waals surface area contributed by atoms with Crippen LogP contribution in [0.25, 0.3) is 26.9 Å². The molecule has 0 radical (unpaired) electrons. The fourth-order valence-electron chi connectivity index (χ4n) is 2.04. The lowest BCUT2D eigenvalue weighted by Crippen LogP contribution is -1.91. The number of benzene rings is 1. The van der Waals surface area contributed by atoms with Crippen LogP contribution in [0, 0.1) is 0 Å². The fraction of sp³-hybridized carbons (Fsp3) is 0. The molecule has 8 heteroatoms. The molecule has 0 atom stereocenters. The second kappa shape index (κ2) is 6.12. The summed E-state index contributed by atoms with van der Waals surface area (Å²) in [6, 6.07) is 11.8. The molecule has 0 amide bonds. The quantitative estimate of drug-likeness (QED) is 0.513. The molecule has 3 heterocycles. The third kappa shape index (κ3) is 2.63. The Hall–Kier alpha value is -1.83. The van der Waals surface area contributed by atoms with Crippen LogP contribution in [0.15, 0.2) is 53.3 Å². The van der Waals surface area contributed by atoms with Crippen molar-refractivity contribution < 1.29 is 0 Å². The minimum absolute atomic E-state index is 0. The van der Waals surface area contributed by atoms with Gasteiger partial charge >= 0.3 is 0 Å². The third-order valence-corrected chi connectivity index (χ3v) is 4.44. The molecule has 0 saturated carbocycles. The number of aromatic nitrogens is 5. The van der Waals surface area contributed by atoms with E-state index in [-0.39, 0.29) is 12.4 Å². The average molecular weight is 395 g/mol. The van der Waals surface area contributed by atoms with Crippen molar-refractivity contribution in [1.29, 1.82) is 0 Å². The van der Waals surface area contributed by atoms with E-state index in [0.29, 0.717) is 0 Å². The van der Waals surface area contributed by atoms with Crippen LogP contribution in [0.3, 0.4) is 0 Å². The van der Waals surface area contributed by atoms with E-state index in [1.807, 2.05) is 36.4 Å². The van der Waals surface area contributed by atoms with E-state index < -0.39 is 0 Å². The standard InChI is InChI=1S/C14H8BrN5S.ClH/c15-11-3-1-2-10(8-11)12-17-18-14-20(12)19-13(21-14)9-4-6-16-7-5-9;/h1-8H;1H. The molecular weight excluding hydrogens is 386 g/mol. The van der Waals surface area contributed by atoms with Crippen LogP contribution in [0.4, 0.5) is 0 Å². The lowest BCUT2D eigenvalue weighted by Gasteiger charge is -1.97. The number of halogens is 2. The van der Waals surface area contributed by atoms with E-state index in [1.54, 1.807) is 16.9 Å². The van der Waals surface area contributed by atoms with E-state index in [4.69, 9.17) is 0 Å². The summed E-state index contributed by atoms with van der Waals surface area (Å²) >= 11 is 4.98. The maximum absolute atomic E-state index is 4.62. The number of hydrogen-bond donors (Lipinski definition) is 0. The van der Waals surface area contributed by atoms with Crippen molar-refractivity contribution >= 4 is 44.6 Å². The number of pyridine rings is 1. The molecule has 0 bridgehead atoms. The maximum atomic E-state index is 4.62. The first-order valence-electron chi connectivity index (χ1n) is 6.20. The molecule has 4 rings (SSSR count). The molecule has 5 nitrogen and oxygen atoms in total. The number of nitrogens with zero attached hydrogens (tertiary/aromatic N) is 5. The molecule has 4 aromatic rings. The third-order valence-electron chi connectivity index (χ3n) is 3.00. The molecule has 110 valence electrons. The van der Waals surface area contributed by atoms with E-state index in [9.17, 15) is 0 Å². The highest BCUT2D eigenvalue weighted by atomic mass is 79.9. The van der Waals surface area contributed by atoms with E-state index >= 15 is 0 Å². The van der Waals surface area contributed by atoms with Crippen molar-refractivity contribution in [2.45, 2.75) is 0 Å². The molecule has 0 aliphatic carbocycles. The Bertz CT molecular complexity index is 921. The zero-order valence-electron chi connectivity index (χ0n) is 11.0. The van der Waals surface area contributed by atoms with Crippen LogP contribution in [-0.2, 0) is 0 Å². The first-order chi connectivity index (χ1) is 10.3. The van der Waals surface area contributed by atoms with E-state index in [0.717, 1.165) is 31.4 Å². The minimum atomic E-state index is 0. The van der Waals surface area contributed by atoms with Crippen LogP contribution in [0.1, 0.15) is 0 Å². The van der Waals surface area contributed by atoms with Gasteiger partial charge in [-0.15, -0.1) is 22.6 Å². The van der Waals surface area contributed by atoms with E-state index in [2.05, 4.69) is 36.2 Å². The van der Waals surface area contributed by atoms with Crippen molar-refractivity contribution in [2.75, 3.05) is 0 Å². The van der Waals surface area contributed by atoms with Gasteiger partial charge < -0.3 is 0 Å². The van der Waals surface area contributed by atoms with Crippen molar-refractivity contribution in [1.82, 2.24) is 24.8 Å². The first kappa shape index (κ1) is 15.1. The highest BCUT2D eigenvalue weighted by Gasteiger charge is 2.14. The van der Waals surface area contributed by atoms with Gasteiger partial charge in [0.15, 0.2) is 5.82 Å². The first-order valence-corrected chi connectivity index (χ1v) is 7.81. The lowest BCUT2D eigenvalue weighted by atomic mass is 10.2. The summed E-state index contributed by atoms with van der Waals surface area (Å²) in [5.74, 6) is 0.739. The van der Waals surface area contributed by atoms with Gasteiger partial charge in [-0.1, -0.05) is 39.4 Å².